The van der Waals surface area contributed by atoms with Gasteiger partial charge in [0.2, 0.25) is 0 Å². The second-order valence-corrected chi connectivity index (χ2v) is 3.92. The maximum atomic E-state index is 8.92. The van der Waals surface area contributed by atoms with E-state index in [-0.39, 0.29) is 6.61 Å². The molecule has 0 amide bonds. The number of nitriles is 1. The van der Waals surface area contributed by atoms with Crippen LogP contribution in [0.5, 0.6) is 0 Å². The van der Waals surface area contributed by atoms with E-state index in [0.717, 1.165) is 13.1 Å². The molecule has 0 aromatic heterocycles. The van der Waals surface area contributed by atoms with Crippen molar-refractivity contribution in [2.24, 2.45) is 5.92 Å². The molecule has 1 saturated carbocycles. The first-order valence-electron chi connectivity index (χ1n) is 4.99. The zero-order valence-electron chi connectivity index (χ0n) is 8.24. The maximum Gasteiger partial charge on any atom is 0.0635 e. The van der Waals surface area contributed by atoms with Gasteiger partial charge in [0.15, 0.2) is 0 Å². The minimum Gasteiger partial charge on any atom is -0.396 e. The minimum atomic E-state index is 0.246. The summed E-state index contributed by atoms with van der Waals surface area (Å²) in [5.41, 5.74) is 0. The van der Waals surface area contributed by atoms with Gasteiger partial charge in [0.25, 0.3) is 0 Å². The fourth-order valence-corrected chi connectivity index (χ4v) is 1.51. The number of rotatable bonds is 6. The van der Waals surface area contributed by atoms with Crippen molar-refractivity contribution in [3.05, 3.63) is 0 Å². The Bertz CT molecular complexity index is 184. The second kappa shape index (κ2) is 5.21. The first kappa shape index (κ1) is 10.5. The fraction of sp³-hybridized carbons (Fsp3) is 0.900. The molecule has 0 spiro atoms. The molecule has 1 rings (SSSR count). The molecule has 74 valence electrons. The highest BCUT2D eigenvalue weighted by Gasteiger charge is 2.29. The van der Waals surface area contributed by atoms with Crippen LogP contribution in [0.2, 0.25) is 0 Å². The summed E-state index contributed by atoms with van der Waals surface area (Å²) in [7, 11) is 0. The molecule has 1 aliphatic carbocycles. The van der Waals surface area contributed by atoms with Crippen LogP contribution in [0.25, 0.3) is 0 Å². The van der Waals surface area contributed by atoms with Gasteiger partial charge < -0.3 is 5.11 Å². The van der Waals surface area contributed by atoms with E-state index in [4.69, 9.17) is 10.4 Å². The molecule has 0 aromatic rings. The summed E-state index contributed by atoms with van der Waals surface area (Å²) in [6.45, 7) is 4.09. The molecule has 0 saturated heterocycles. The Balaban J connectivity index is 2.25. The predicted molar refractivity (Wildman–Crippen MR) is 51.1 cm³/mol. The molecule has 3 heteroatoms. The lowest BCUT2D eigenvalue weighted by atomic mass is 10.2. The summed E-state index contributed by atoms with van der Waals surface area (Å²) in [4.78, 5) is 2.34. The van der Waals surface area contributed by atoms with E-state index in [1.807, 2.05) is 6.92 Å². The van der Waals surface area contributed by atoms with Gasteiger partial charge in [-0.2, -0.15) is 5.26 Å². The smallest absolute Gasteiger partial charge is 0.0635 e. The molecule has 0 bridgehead atoms. The fourth-order valence-electron chi connectivity index (χ4n) is 1.51. The highest BCUT2D eigenvalue weighted by molar-refractivity contribution is 4.87. The average molecular weight is 182 g/mol. The number of aliphatic hydroxyl groups is 1. The van der Waals surface area contributed by atoms with Crippen LogP contribution in [-0.4, -0.2) is 35.7 Å². The first-order valence-corrected chi connectivity index (χ1v) is 4.99. The van der Waals surface area contributed by atoms with Gasteiger partial charge in [-0.15, -0.1) is 0 Å². The molecule has 0 aromatic carbocycles. The third-order valence-corrected chi connectivity index (χ3v) is 2.43. The van der Waals surface area contributed by atoms with Crippen molar-refractivity contribution >= 4 is 0 Å². The summed E-state index contributed by atoms with van der Waals surface area (Å²) in [5.74, 6) is 0.333. The van der Waals surface area contributed by atoms with E-state index in [2.05, 4.69) is 11.0 Å². The first-order chi connectivity index (χ1) is 6.27. The third kappa shape index (κ3) is 3.75. The Labute approximate surface area is 80.0 Å². The Hall–Kier alpha value is -0.590. The standard InChI is InChI=1S/C10H18N2O/c1-9(8-13)7-12(6-2-5-11)10-3-4-10/h9-10,13H,2-4,6-8H2,1H3. The Morgan fingerprint density at radius 1 is 1.62 bits per heavy atom. The van der Waals surface area contributed by atoms with Gasteiger partial charge in [0.05, 0.1) is 6.07 Å². The minimum absolute atomic E-state index is 0.246. The quantitative estimate of drug-likeness (QED) is 0.666. The molecular weight excluding hydrogens is 164 g/mol. The Morgan fingerprint density at radius 3 is 2.77 bits per heavy atom. The van der Waals surface area contributed by atoms with Crippen LogP contribution in [0.4, 0.5) is 0 Å². The molecule has 13 heavy (non-hydrogen) atoms. The van der Waals surface area contributed by atoms with Crippen molar-refractivity contribution in [3.63, 3.8) is 0 Å². The second-order valence-electron chi connectivity index (χ2n) is 3.92. The third-order valence-electron chi connectivity index (χ3n) is 2.43. The summed E-state index contributed by atoms with van der Waals surface area (Å²) in [5, 5.41) is 17.4. The summed E-state index contributed by atoms with van der Waals surface area (Å²) in [6.07, 6.45) is 3.14. The van der Waals surface area contributed by atoms with Gasteiger partial charge in [0.1, 0.15) is 0 Å². The molecule has 0 heterocycles. The SMILES string of the molecule is CC(CO)CN(CCC#N)C1CC1. The highest BCUT2D eigenvalue weighted by Crippen LogP contribution is 2.27. The lowest BCUT2D eigenvalue weighted by Crippen LogP contribution is -2.32. The molecule has 1 fully saturated rings. The molecule has 1 unspecified atom stereocenters. The van der Waals surface area contributed by atoms with Crippen LogP contribution in [0.1, 0.15) is 26.2 Å². The normalized spacial score (nSPS) is 18.6. The van der Waals surface area contributed by atoms with Gasteiger partial charge in [-0.25, -0.2) is 0 Å². The van der Waals surface area contributed by atoms with E-state index < -0.39 is 0 Å². The number of hydrogen-bond acceptors (Lipinski definition) is 3. The molecule has 0 radical (unpaired) electrons. The van der Waals surface area contributed by atoms with Crippen LogP contribution in [-0.2, 0) is 0 Å². The lowest BCUT2D eigenvalue weighted by Gasteiger charge is -2.23. The topological polar surface area (TPSA) is 47.3 Å². The van der Waals surface area contributed by atoms with Crippen molar-refractivity contribution in [3.8, 4) is 6.07 Å². The van der Waals surface area contributed by atoms with Crippen molar-refractivity contribution in [1.29, 1.82) is 5.26 Å². The van der Waals surface area contributed by atoms with E-state index >= 15 is 0 Å². The Kier molecular flexibility index (Phi) is 4.20. The molecule has 0 aliphatic heterocycles. The van der Waals surface area contributed by atoms with Crippen molar-refractivity contribution in [2.45, 2.75) is 32.2 Å². The average Bonchev–Trinajstić information content (AvgIpc) is 2.94. The largest absolute Gasteiger partial charge is 0.396 e. The number of hydrogen-bond donors (Lipinski definition) is 1. The van der Waals surface area contributed by atoms with Crippen LogP contribution >= 0.6 is 0 Å². The van der Waals surface area contributed by atoms with Crippen molar-refractivity contribution in [1.82, 2.24) is 4.90 Å². The zero-order valence-corrected chi connectivity index (χ0v) is 8.24. The van der Waals surface area contributed by atoms with E-state index in [0.29, 0.717) is 18.4 Å². The maximum absolute atomic E-state index is 8.92. The van der Waals surface area contributed by atoms with Crippen molar-refractivity contribution in [2.75, 3.05) is 19.7 Å². The molecule has 1 aliphatic rings. The van der Waals surface area contributed by atoms with Crippen LogP contribution in [0.3, 0.4) is 0 Å². The summed E-state index contributed by atoms with van der Waals surface area (Å²) < 4.78 is 0. The van der Waals surface area contributed by atoms with Gasteiger partial charge >= 0.3 is 0 Å². The van der Waals surface area contributed by atoms with E-state index in [1.54, 1.807) is 0 Å². The molecule has 1 atom stereocenters. The van der Waals surface area contributed by atoms with E-state index in [1.165, 1.54) is 12.8 Å². The molecule has 1 N–H and O–H groups in total. The predicted octanol–water partition coefficient (Wildman–Crippen LogP) is 0.993. The number of aliphatic hydroxyl groups excluding tert-OH is 1. The van der Waals surface area contributed by atoms with Crippen LogP contribution in [0, 0.1) is 17.2 Å². The van der Waals surface area contributed by atoms with Gasteiger partial charge in [0, 0.05) is 32.2 Å². The molecule has 3 nitrogen and oxygen atoms in total. The van der Waals surface area contributed by atoms with Gasteiger partial charge in [-0.1, -0.05) is 6.92 Å². The lowest BCUT2D eigenvalue weighted by molar-refractivity contribution is 0.169. The summed E-state index contributed by atoms with van der Waals surface area (Å²) in [6, 6.07) is 2.86. The van der Waals surface area contributed by atoms with E-state index in [9.17, 15) is 0 Å². The van der Waals surface area contributed by atoms with Crippen molar-refractivity contribution < 1.29 is 5.11 Å². The van der Waals surface area contributed by atoms with Gasteiger partial charge in [-0.3, -0.25) is 4.90 Å². The molecular formula is C10H18N2O. The van der Waals surface area contributed by atoms with Gasteiger partial charge in [-0.05, 0) is 18.8 Å². The Morgan fingerprint density at radius 2 is 2.31 bits per heavy atom. The monoisotopic (exact) mass is 182 g/mol. The number of nitrogens with zero attached hydrogens (tertiary/aromatic N) is 2. The zero-order chi connectivity index (χ0) is 9.68. The van der Waals surface area contributed by atoms with Crippen LogP contribution in [0.15, 0.2) is 0 Å². The highest BCUT2D eigenvalue weighted by atomic mass is 16.3. The summed E-state index contributed by atoms with van der Waals surface area (Å²) >= 11 is 0. The van der Waals surface area contributed by atoms with Crippen LogP contribution < -0.4 is 0 Å².